The molecule has 1 unspecified atom stereocenters. The van der Waals surface area contributed by atoms with Gasteiger partial charge in [-0.05, 0) is 31.2 Å². The van der Waals surface area contributed by atoms with Gasteiger partial charge in [-0.1, -0.05) is 0 Å². The van der Waals surface area contributed by atoms with Crippen LogP contribution in [0.15, 0.2) is 35.1 Å². The van der Waals surface area contributed by atoms with Crippen LogP contribution >= 0.6 is 0 Å². The molecule has 0 spiro atoms. The van der Waals surface area contributed by atoms with E-state index in [1.54, 1.807) is 26.2 Å². The summed E-state index contributed by atoms with van der Waals surface area (Å²) in [5.74, 6) is 1.08. The fourth-order valence-electron chi connectivity index (χ4n) is 1.70. The summed E-state index contributed by atoms with van der Waals surface area (Å²) in [6.07, 6.45) is -0.523. The van der Waals surface area contributed by atoms with Crippen LogP contribution in [0.1, 0.15) is 6.92 Å². The van der Waals surface area contributed by atoms with Gasteiger partial charge in [0.2, 0.25) is 5.95 Å². The zero-order chi connectivity index (χ0) is 14.5. The van der Waals surface area contributed by atoms with Crippen LogP contribution in [0.3, 0.4) is 0 Å². The smallest absolute Gasteiger partial charge is 0.252 e. The summed E-state index contributed by atoms with van der Waals surface area (Å²) in [5.41, 5.74) is 1.13. The molecule has 20 heavy (non-hydrogen) atoms. The number of hydrogen-bond acceptors (Lipinski definition) is 5. The molecular formula is C14H17N3O3. The second-order valence-corrected chi connectivity index (χ2v) is 4.44. The summed E-state index contributed by atoms with van der Waals surface area (Å²) < 4.78 is 5.09. The van der Waals surface area contributed by atoms with E-state index in [9.17, 15) is 9.90 Å². The molecule has 0 bridgehead atoms. The summed E-state index contributed by atoms with van der Waals surface area (Å²) >= 11 is 0. The SMILES string of the molecule is COc1ccc(-c2cc(=O)[nH]c(NCC(C)O)n2)cc1. The highest BCUT2D eigenvalue weighted by Gasteiger charge is 2.05. The predicted molar refractivity (Wildman–Crippen MR) is 77.0 cm³/mol. The third kappa shape index (κ3) is 3.58. The quantitative estimate of drug-likeness (QED) is 0.764. The molecule has 1 atom stereocenters. The average Bonchev–Trinajstić information content (AvgIpc) is 2.44. The number of rotatable bonds is 5. The summed E-state index contributed by atoms with van der Waals surface area (Å²) in [4.78, 5) is 18.5. The van der Waals surface area contributed by atoms with Crippen LogP contribution in [0.4, 0.5) is 5.95 Å². The van der Waals surface area contributed by atoms with E-state index in [0.29, 0.717) is 18.2 Å². The Bertz CT molecular complexity index is 620. The molecule has 1 heterocycles. The maximum Gasteiger partial charge on any atom is 0.252 e. The number of ether oxygens (including phenoxy) is 1. The Kier molecular flexibility index (Phi) is 4.37. The molecule has 2 rings (SSSR count). The molecule has 0 fully saturated rings. The number of aromatic amines is 1. The molecule has 0 aliphatic rings. The normalized spacial score (nSPS) is 11.9. The molecule has 3 N–H and O–H groups in total. The van der Waals surface area contributed by atoms with Gasteiger partial charge in [-0.2, -0.15) is 0 Å². The average molecular weight is 275 g/mol. The van der Waals surface area contributed by atoms with Crippen LogP contribution < -0.4 is 15.6 Å². The lowest BCUT2D eigenvalue weighted by Crippen LogP contribution is -2.19. The molecule has 6 heteroatoms. The number of benzene rings is 1. The molecule has 0 saturated carbocycles. The lowest BCUT2D eigenvalue weighted by atomic mass is 10.1. The highest BCUT2D eigenvalue weighted by molar-refractivity contribution is 5.60. The van der Waals surface area contributed by atoms with E-state index in [-0.39, 0.29) is 5.56 Å². The number of H-pyrrole nitrogens is 1. The molecule has 0 saturated heterocycles. The molecule has 2 aromatic rings. The monoisotopic (exact) mass is 275 g/mol. The van der Waals surface area contributed by atoms with Gasteiger partial charge in [0.1, 0.15) is 5.75 Å². The molecule has 6 nitrogen and oxygen atoms in total. The number of anilines is 1. The zero-order valence-electron chi connectivity index (χ0n) is 11.4. The third-order valence-corrected chi connectivity index (χ3v) is 2.69. The number of aromatic nitrogens is 2. The van der Waals surface area contributed by atoms with Crippen molar-refractivity contribution in [2.45, 2.75) is 13.0 Å². The van der Waals surface area contributed by atoms with Crippen LogP contribution in [0.2, 0.25) is 0 Å². The number of aliphatic hydroxyl groups is 1. The minimum Gasteiger partial charge on any atom is -0.497 e. The molecule has 1 aromatic heterocycles. The van der Waals surface area contributed by atoms with Crippen LogP contribution in [0.25, 0.3) is 11.3 Å². The largest absolute Gasteiger partial charge is 0.497 e. The van der Waals surface area contributed by atoms with Crippen LogP contribution in [-0.2, 0) is 0 Å². The van der Waals surface area contributed by atoms with E-state index in [0.717, 1.165) is 11.3 Å². The van der Waals surface area contributed by atoms with Crippen molar-refractivity contribution in [1.29, 1.82) is 0 Å². The minimum absolute atomic E-state index is 0.251. The van der Waals surface area contributed by atoms with Gasteiger partial charge in [-0.3, -0.25) is 9.78 Å². The first-order valence-electron chi connectivity index (χ1n) is 6.26. The van der Waals surface area contributed by atoms with Crippen LogP contribution in [0.5, 0.6) is 5.75 Å². The first-order valence-corrected chi connectivity index (χ1v) is 6.26. The standard InChI is InChI=1S/C14H17N3O3/c1-9(18)8-15-14-16-12(7-13(19)17-14)10-3-5-11(20-2)6-4-10/h3-7,9,18H,8H2,1-2H3,(H2,15,16,17,19). The van der Waals surface area contributed by atoms with Crippen molar-refractivity contribution in [1.82, 2.24) is 9.97 Å². The van der Waals surface area contributed by atoms with Crippen molar-refractivity contribution in [3.8, 4) is 17.0 Å². The van der Waals surface area contributed by atoms with Gasteiger partial charge in [0.05, 0.1) is 18.9 Å². The Hall–Kier alpha value is -2.34. The fraction of sp³-hybridized carbons (Fsp3) is 0.286. The van der Waals surface area contributed by atoms with Gasteiger partial charge in [-0.15, -0.1) is 0 Å². The van der Waals surface area contributed by atoms with Crippen molar-refractivity contribution < 1.29 is 9.84 Å². The van der Waals surface area contributed by atoms with Gasteiger partial charge in [0.25, 0.3) is 5.56 Å². The van der Waals surface area contributed by atoms with Crippen LogP contribution in [0, 0.1) is 0 Å². The number of aliphatic hydroxyl groups excluding tert-OH is 1. The topological polar surface area (TPSA) is 87.2 Å². The van der Waals surface area contributed by atoms with Crippen molar-refractivity contribution in [3.05, 3.63) is 40.7 Å². The molecule has 0 aliphatic carbocycles. The fourth-order valence-corrected chi connectivity index (χ4v) is 1.70. The van der Waals surface area contributed by atoms with Crippen molar-refractivity contribution in [2.24, 2.45) is 0 Å². The second-order valence-electron chi connectivity index (χ2n) is 4.44. The zero-order valence-corrected chi connectivity index (χ0v) is 11.4. The number of methoxy groups -OCH3 is 1. The lowest BCUT2D eigenvalue weighted by Gasteiger charge is -2.09. The molecule has 0 radical (unpaired) electrons. The van der Waals surface area contributed by atoms with E-state index >= 15 is 0 Å². The maximum absolute atomic E-state index is 11.6. The number of nitrogens with zero attached hydrogens (tertiary/aromatic N) is 1. The Morgan fingerprint density at radius 3 is 2.70 bits per heavy atom. The summed E-state index contributed by atoms with van der Waals surface area (Å²) in [6, 6.07) is 8.70. The molecular weight excluding hydrogens is 258 g/mol. The van der Waals surface area contributed by atoms with Gasteiger partial charge in [0, 0.05) is 18.2 Å². The van der Waals surface area contributed by atoms with Gasteiger partial charge < -0.3 is 15.2 Å². The number of hydrogen-bond donors (Lipinski definition) is 3. The van der Waals surface area contributed by atoms with Gasteiger partial charge in [-0.25, -0.2) is 4.98 Å². The maximum atomic E-state index is 11.6. The van der Waals surface area contributed by atoms with Gasteiger partial charge in [0.15, 0.2) is 0 Å². The molecule has 0 amide bonds. The van der Waals surface area contributed by atoms with E-state index in [2.05, 4.69) is 15.3 Å². The van der Waals surface area contributed by atoms with E-state index in [1.165, 1.54) is 6.07 Å². The lowest BCUT2D eigenvalue weighted by molar-refractivity contribution is 0.208. The van der Waals surface area contributed by atoms with Crippen molar-refractivity contribution in [2.75, 3.05) is 19.0 Å². The second kappa shape index (κ2) is 6.21. The van der Waals surface area contributed by atoms with E-state index in [4.69, 9.17) is 4.74 Å². The van der Waals surface area contributed by atoms with Crippen LogP contribution in [-0.4, -0.2) is 34.8 Å². The first kappa shape index (κ1) is 14.1. The Morgan fingerprint density at radius 1 is 1.40 bits per heavy atom. The molecule has 0 aliphatic heterocycles. The Labute approximate surface area is 116 Å². The minimum atomic E-state index is -0.523. The summed E-state index contributed by atoms with van der Waals surface area (Å²) in [7, 11) is 1.60. The first-order chi connectivity index (χ1) is 9.58. The highest BCUT2D eigenvalue weighted by Crippen LogP contribution is 2.20. The predicted octanol–water partition coefficient (Wildman–Crippen LogP) is 1.24. The summed E-state index contributed by atoms with van der Waals surface area (Å²) in [5, 5.41) is 12.1. The van der Waals surface area contributed by atoms with E-state index in [1.807, 2.05) is 12.1 Å². The highest BCUT2D eigenvalue weighted by atomic mass is 16.5. The molecule has 1 aromatic carbocycles. The summed E-state index contributed by atoms with van der Waals surface area (Å²) in [6.45, 7) is 1.97. The number of nitrogens with one attached hydrogen (secondary N) is 2. The molecule has 106 valence electrons. The van der Waals surface area contributed by atoms with Crippen molar-refractivity contribution >= 4 is 5.95 Å². The van der Waals surface area contributed by atoms with Crippen molar-refractivity contribution in [3.63, 3.8) is 0 Å². The Morgan fingerprint density at radius 2 is 2.10 bits per heavy atom. The Balaban J connectivity index is 2.28. The third-order valence-electron chi connectivity index (χ3n) is 2.69. The van der Waals surface area contributed by atoms with E-state index < -0.39 is 6.10 Å². The van der Waals surface area contributed by atoms with Gasteiger partial charge >= 0.3 is 0 Å².